The standard InChI is InChI=1S/C8H19NO2S2Si2/c1-14(2,3)10-7(12)9-8(13)11-15(4,5)6/h1-6H3,(H,9,12,13). The topological polar surface area (TPSA) is 30.5 Å². The van der Waals surface area contributed by atoms with Crippen molar-refractivity contribution < 1.29 is 8.85 Å². The molecule has 3 nitrogen and oxygen atoms in total. The van der Waals surface area contributed by atoms with Gasteiger partial charge in [0.2, 0.25) is 27.0 Å². The monoisotopic (exact) mass is 281 g/mol. The third-order valence-electron chi connectivity index (χ3n) is 1.00. The van der Waals surface area contributed by atoms with Gasteiger partial charge in [-0.15, -0.1) is 0 Å². The molecule has 0 amide bonds. The Balaban J connectivity index is 4.04. The molecule has 0 heterocycles. The fourth-order valence-corrected chi connectivity index (χ4v) is 3.65. The van der Waals surface area contributed by atoms with Gasteiger partial charge in [-0.05, 0) is 63.7 Å². The van der Waals surface area contributed by atoms with Crippen molar-refractivity contribution in [3.8, 4) is 0 Å². The second kappa shape index (κ2) is 5.37. The third kappa shape index (κ3) is 10.3. The summed E-state index contributed by atoms with van der Waals surface area (Å²) in [6.45, 7) is 12.4. The molecule has 0 aromatic heterocycles. The van der Waals surface area contributed by atoms with Crippen LogP contribution in [0.1, 0.15) is 0 Å². The molecule has 0 aliphatic heterocycles. The Hall–Kier alpha value is 0.0138. The van der Waals surface area contributed by atoms with Crippen molar-refractivity contribution in [1.29, 1.82) is 0 Å². The maximum atomic E-state index is 5.53. The number of hydrogen-bond acceptors (Lipinski definition) is 4. The Kier molecular flexibility index (Phi) is 5.38. The quantitative estimate of drug-likeness (QED) is 0.621. The second-order valence-corrected chi connectivity index (χ2v) is 14.7. The smallest absolute Gasteiger partial charge is 0.250 e. The second-order valence-electron chi connectivity index (χ2n) is 5.13. The molecule has 88 valence electrons. The van der Waals surface area contributed by atoms with E-state index in [9.17, 15) is 0 Å². The van der Waals surface area contributed by atoms with Gasteiger partial charge < -0.3 is 8.85 Å². The third-order valence-corrected chi connectivity index (χ3v) is 3.30. The summed E-state index contributed by atoms with van der Waals surface area (Å²) in [6.07, 6.45) is 0. The Labute approximate surface area is 105 Å². The normalized spacial score (nSPS) is 11.9. The predicted octanol–water partition coefficient (Wildman–Crippen LogP) is 2.85. The summed E-state index contributed by atoms with van der Waals surface area (Å²) in [5, 5.41) is 3.41. The average Bonchev–Trinajstić information content (AvgIpc) is 1.73. The molecule has 1 N–H and O–H groups in total. The molecule has 0 aromatic carbocycles. The zero-order valence-electron chi connectivity index (χ0n) is 10.1. The molecular formula is C8H19NO2S2Si2. The molecular weight excluding hydrogens is 262 g/mol. The van der Waals surface area contributed by atoms with Crippen molar-refractivity contribution in [3.63, 3.8) is 0 Å². The van der Waals surface area contributed by atoms with E-state index < -0.39 is 16.6 Å². The van der Waals surface area contributed by atoms with E-state index in [0.29, 0.717) is 10.3 Å². The lowest BCUT2D eigenvalue weighted by Crippen LogP contribution is -2.42. The van der Waals surface area contributed by atoms with E-state index >= 15 is 0 Å². The van der Waals surface area contributed by atoms with Crippen LogP contribution in [0.3, 0.4) is 0 Å². The lowest BCUT2D eigenvalue weighted by atomic mass is 11.1. The van der Waals surface area contributed by atoms with Gasteiger partial charge in [-0.3, -0.25) is 5.32 Å². The minimum absolute atomic E-state index is 0.317. The van der Waals surface area contributed by atoms with Crippen LogP contribution in [0.25, 0.3) is 0 Å². The van der Waals surface area contributed by atoms with Gasteiger partial charge in [-0.1, -0.05) is 0 Å². The highest BCUT2D eigenvalue weighted by Crippen LogP contribution is 2.05. The zero-order valence-corrected chi connectivity index (χ0v) is 13.8. The summed E-state index contributed by atoms with van der Waals surface area (Å²) in [5.74, 6) is 0. The van der Waals surface area contributed by atoms with Crippen LogP contribution in [0.15, 0.2) is 0 Å². The first-order valence-electron chi connectivity index (χ1n) is 4.72. The van der Waals surface area contributed by atoms with Crippen LogP contribution in [0, 0.1) is 0 Å². The molecule has 0 radical (unpaired) electrons. The van der Waals surface area contributed by atoms with E-state index in [0.717, 1.165) is 0 Å². The van der Waals surface area contributed by atoms with Gasteiger partial charge in [0.25, 0.3) is 0 Å². The largest absolute Gasteiger partial charge is 0.525 e. The van der Waals surface area contributed by atoms with Gasteiger partial charge in [0.05, 0.1) is 0 Å². The van der Waals surface area contributed by atoms with Crippen LogP contribution in [-0.2, 0) is 8.85 Å². The SMILES string of the molecule is C[Si](C)(C)OC(=S)NC(=S)O[Si](C)(C)C. The molecule has 0 saturated heterocycles. The Morgan fingerprint density at radius 2 is 1.07 bits per heavy atom. The van der Waals surface area contributed by atoms with Crippen LogP contribution in [0.5, 0.6) is 0 Å². The van der Waals surface area contributed by atoms with E-state index in [1.807, 2.05) is 0 Å². The first kappa shape index (κ1) is 15.0. The van der Waals surface area contributed by atoms with Gasteiger partial charge in [-0.2, -0.15) is 0 Å². The fraction of sp³-hybridized carbons (Fsp3) is 0.750. The molecule has 0 aliphatic carbocycles. The van der Waals surface area contributed by atoms with Gasteiger partial charge in [-0.25, -0.2) is 0 Å². The van der Waals surface area contributed by atoms with E-state index in [1.54, 1.807) is 0 Å². The highest BCUT2D eigenvalue weighted by molar-refractivity contribution is 7.81. The van der Waals surface area contributed by atoms with E-state index in [-0.39, 0.29) is 0 Å². The minimum atomic E-state index is -1.65. The highest BCUT2D eigenvalue weighted by atomic mass is 32.1. The van der Waals surface area contributed by atoms with Gasteiger partial charge in [0, 0.05) is 0 Å². The Morgan fingerprint density at radius 3 is 1.27 bits per heavy atom. The number of thiocarbonyl (C=S) groups is 2. The first-order valence-corrected chi connectivity index (χ1v) is 12.4. The molecule has 0 fully saturated rings. The van der Waals surface area contributed by atoms with Crippen LogP contribution in [0.2, 0.25) is 39.3 Å². The molecule has 0 rings (SSSR count). The molecule has 0 atom stereocenters. The van der Waals surface area contributed by atoms with Crippen LogP contribution >= 0.6 is 24.4 Å². The van der Waals surface area contributed by atoms with Gasteiger partial charge >= 0.3 is 0 Å². The van der Waals surface area contributed by atoms with Gasteiger partial charge in [0.15, 0.2) is 0 Å². The van der Waals surface area contributed by atoms with Crippen LogP contribution in [0.4, 0.5) is 0 Å². The molecule has 0 unspecified atom stereocenters. The Morgan fingerprint density at radius 1 is 0.800 bits per heavy atom. The van der Waals surface area contributed by atoms with Crippen LogP contribution in [-0.4, -0.2) is 27.0 Å². The van der Waals surface area contributed by atoms with Crippen molar-refractivity contribution in [2.75, 3.05) is 0 Å². The molecule has 0 saturated carbocycles. The lowest BCUT2D eigenvalue weighted by Gasteiger charge is -2.23. The van der Waals surface area contributed by atoms with E-state index in [2.05, 4.69) is 44.6 Å². The summed E-state index contributed by atoms with van der Waals surface area (Å²) in [4.78, 5) is 0. The molecule has 0 bridgehead atoms. The fourth-order valence-electron chi connectivity index (χ4n) is 0.691. The number of nitrogens with one attached hydrogen (secondary N) is 1. The van der Waals surface area contributed by atoms with Gasteiger partial charge in [0.1, 0.15) is 0 Å². The van der Waals surface area contributed by atoms with E-state index in [4.69, 9.17) is 33.3 Å². The van der Waals surface area contributed by atoms with Crippen molar-refractivity contribution in [2.45, 2.75) is 39.3 Å². The maximum absolute atomic E-state index is 5.53. The van der Waals surface area contributed by atoms with Crippen molar-refractivity contribution in [1.82, 2.24) is 5.32 Å². The first-order chi connectivity index (χ1) is 6.49. The summed E-state index contributed by atoms with van der Waals surface area (Å²) >= 11 is 10.0. The number of hydrogen-bond donors (Lipinski definition) is 1. The number of rotatable bonds is 2. The highest BCUT2D eigenvalue weighted by Gasteiger charge is 2.21. The summed E-state index contributed by atoms with van der Waals surface area (Å²) in [7, 11) is -3.31. The molecule has 15 heavy (non-hydrogen) atoms. The minimum Gasteiger partial charge on any atom is -0.525 e. The Bertz CT molecular complexity index is 232. The summed E-state index contributed by atoms with van der Waals surface area (Å²) in [6, 6.07) is 0. The van der Waals surface area contributed by atoms with E-state index in [1.165, 1.54) is 0 Å². The van der Waals surface area contributed by atoms with Crippen molar-refractivity contribution in [3.05, 3.63) is 0 Å². The van der Waals surface area contributed by atoms with Crippen molar-refractivity contribution >= 4 is 51.4 Å². The molecule has 0 aromatic rings. The molecule has 0 aliphatic rings. The van der Waals surface area contributed by atoms with Crippen LogP contribution < -0.4 is 5.32 Å². The summed E-state index contributed by atoms with van der Waals surface area (Å²) in [5.41, 5.74) is 0. The van der Waals surface area contributed by atoms with Crippen molar-refractivity contribution in [2.24, 2.45) is 0 Å². The average molecular weight is 282 g/mol. The zero-order chi connectivity index (χ0) is 12.3. The lowest BCUT2D eigenvalue weighted by molar-refractivity contribution is 0.517. The molecule has 0 spiro atoms. The summed E-state index contributed by atoms with van der Waals surface area (Å²) < 4.78 is 11.1. The molecule has 7 heteroatoms. The predicted molar refractivity (Wildman–Crippen MR) is 77.2 cm³/mol. The maximum Gasteiger partial charge on any atom is 0.250 e.